The lowest BCUT2D eigenvalue weighted by Crippen LogP contribution is -2.22. The second-order valence-corrected chi connectivity index (χ2v) is 5.97. The van der Waals surface area contributed by atoms with Gasteiger partial charge in [-0.3, -0.25) is 4.79 Å². The molecule has 0 spiro atoms. The Labute approximate surface area is 125 Å². The van der Waals surface area contributed by atoms with E-state index in [1.54, 1.807) is 0 Å². The summed E-state index contributed by atoms with van der Waals surface area (Å²) in [7, 11) is 0. The minimum atomic E-state index is 0.0771. The highest BCUT2D eigenvalue weighted by Crippen LogP contribution is 2.30. The zero-order valence-electron chi connectivity index (χ0n) is 12.5. The third kappa shape index (κ3) is 3.47. The summed E-state index contributed by atoms with van der Waals surface area (Å²) in [5.74, 6) is 0.0771. The molecule has 5 nitrogen and oxygen atoms in total. The number of fused-ring (bicyclic) bond motifs is 1. The fraction of sp³-hybridized carbons (Fsp3) is 0.562. The van der Waals surface area contributed by atoms with E-state index < -0.39 is 0 Å². The fourth-order valence-electron chi connectivity index (χ4n) is 3.13. The molecule has 3 rings (SSSR count). The summed E-state index contributed by atoms with van der Waals surface area (Å²) < 4.78 is 0. The maximum absolute atomic E-state index is 11.4. The zero-order valence-corrected chi connectivity index (χ0v) is 12.5. The largest absolute Gasteiger partial charge is 0.397 e. The molecule has 0 aromatic heterocycles. The molecule has 0 bridgehead atoms. The van der Waals surface area contributed by atoms with Crippen molar-refractivity contribution in [2.75, 3.05) is 42.5 Å². The number of nitrogen functional groups attached to an aromatic ring is 1. The molecule has 1 saturated heterocycles. The molecule has 114 valence electrons. The van der Waals surface area contributed by atoms with Crippen LogP contribution in [0.5, 0.6) is 0 Å². The molecule has 1 aromatic rings. The van der Waals surface area contributed by atoms with Gasteiger partial charge < -0.3 is 21.3 Å². The van der Waals surface area contributed by atoms with Crippen LogP contribution in [0.4, 0.5) is 17.1 Å². The van der Waals surface area contributed by atoms with Gasteiger partial charge in [0.2, 0.25) is 5.91 Å². The topological polar surface area (TPSA) is 70.4 Å². The number of carbonyl (C=O) groups excluding carboxylic acids is 1. The summed E-state index contributed by atoms with van der Waals surface area (Å²) >= 11 is 0. The van der Waals surface area contributed by atoms with Crippen LogP contribution in [0.15, 0.2) is 12.1 Å². The quantitative estimate of drug-likeness (QED) is 0.573. The third-order valence-electron chi connectivity index (χ3n) is 4.34. The SMILES string of the molecule is Nc1cc2c(cc1NCCCN1CCCC1)CCC(=O)N2. The summed E-state index contributed by atoms with van der Waals surface area (Å²) in [5, 5.41) is 6.31. The number of nitrogens with zero attached hydrogens (tertiary/aromatic N) is 1. The number of carbonyl (C=O) groups is 1. The van der Waals surface area contributed by atoms with E-state index >= 15 is 0 Å². The third-order valence-corrected chi connectivity index (χ3v) is 4.34. The van der Waals surface area contributed by atoms with Crippen molar-refractivity contribution in [2.24, 2.45) is 0 Å². The normalized spacial score (nSPS) is 18.4. The first-order valence-electron chi connectivity index (χ1n) is 7.91. The highest BCUT2D eigenvalue weighted by Gasteiger charge is 2.16. The second-order valence-electron chi connectivity index (χ2n) is 5.97. The molecule has 1 aromatic carbocycles. The van der Waals surface area contributed by atoms with Crippen LogP contribution < -0.4 is 16.4 Å². The Hall–Kier alpha value is -1.75. The number of aryl methyl sites for hydroxylation is 1. The summed E-state index contributed by atoms with van der Waals surface area (Å²) in [6.07, 6.45) is 5.18. The van der Waals surface area contributed by atoms with E-state index in [4.69, 9.17) is 5.73 Å². The van der Waals surface area contributed by atoms with Gasteiger partial charge in [-0.1, -0.05) is 0 Å². The van der Waals surface area contributed by atoms with Gasteiger partial charge >= 0.3 is 0 Å². The monoisotopic (exact) mass is 288 g/mol. The van der Waals surface area contributed by atoms with Gasteiger partial charge in [0.25, 0.3) is 0 Å². The lowest BCUT2D eigenvalue weighted by Gasteiger charge is -2.20. The average Bonchev–Trinajstić information content (AvgIpc) is 2.97. The maximum atomic E-state index is 11.4. The standard InChI is InChI=1S/C16H24N4O/c17-13-11-14-12(4-5-16(21)19-14)10-15(13)18-6-3-9-20-7-1-2-8-20/h10-11,18H,1-9,17H2,(H,19,21). The molecular weight excluding hydrogens is 264 g/mol. The van der Waals surface area contributed by atoms with E-state index in [1.807, 2.05) is 6.07 Å². The number of nitrogens with two attached hydrogens (primary N) is 1. The van der Waals surface area contributed by atoms with Crippen molar-refractivity contribution in [3.8, 4) is 0 Å². The molecule has 5 heteroatoms. The van der Waals surface area contributed by atoms with E-state index in [1.165, 1.54) is 31.5 Å². The van der Waals surface area contributed by atoms with E-state index in [2.05, 4.69) is 21.6 Å². The zero-order chi connectivity index (χ0) is 14.7. The van der Waals surface area contributed by atoms with E-state index in [0.717, 1.165) is 37.3 Å². The number of nitrogens with one attached hydrogen (secondary N) is 2. The van der Waals surface area contributed by atoms with Crippen molar-refractivity contribution in [2.45, 2.75) is 32.1 Å². The Morgan fingerprint density at radius 2 is 2.05 bits per heavy atom. The molecule has 0 aliphatic carbocycles. The Kier molecular flexibility index (Phi) is 4.29. The van der Waals surface area contributed by atoms with Crippen LogP contribution >= 0.6 is 0 Å². The lowest BCUT2D eigenvalue weighted by molar-refractivity contribution is -0.116. The number of amides is 1. The number of anilines is 3. The Bertz CT molecular complexity index is 523. The van der Waals surface area contributed by atoms with Crippen LogP contribution in [0, 0.1) is 0 Å². The fourth-order valence-corrected chi connectivity index (χ4v) is 3.13. The van der Waals surface area contributed by atoms with Gasteiger partial charge in [-0.05, 0) is 63.0 Å². The van der Waals surface area contributed by atoms with Crippen LogP contribution in [0.25, 0.3) is 0 Å². The molecule has 0 atom stereocenters. The molecule has 0 saturated carbocycles. The molecule has 0 radical (unpaired) electrons. The second kappa shape index (κ2) is 6.35. The van der Waals surface area contributed by atoms with Crippen LogP contribution in [0.3, 0.4) is 0 Å². The van der Waals surface area contributed by atoms with Crippen molar-refractivity contribution >= 4 is 23.0 Å². The Balaban J connectivity index is 1.54. The van der Waals surface area contributed by atoms with Crippen LogP contribution in [-0.2, 0) is 11.2 Å². The first-order chi connectivity index (χ1) is 10.2. The Morgan fingerprint density at radius 1 is 1.24 bits per heavy atom. The first kappa shape index (κ1) is 14.2. The predicted octanol–water partition coefficient (Wildman–Crippen LogP) is 2.05. The number of hydrogen-bond acceptors (Lipinski definition) is 4. The molecule has 21 heavy (non-hydrogen) atoms. The minimum absolute atomic E-state index is 0.0771. The van der Waals surface area contributed by atoms with Crippen LogP contribution in [0.1, 0.15) is 31.2 Å². The highest BCUT2D eigenvalue weighted by atomic mass is 16.1. The van der Waals surface area contributed by atoms with Crippen molar-refractivity contribution in [3.63, 3.8) is 0 Å². The summed E-state index contributed by atoms with van der Waals surface area (Å²) in [4.78, 5) is 13.9. The summed E-state index contributed by atoms with van der Waals surface area (Å²) in [5.41, 5.74) is 9.81. The minimum Gasteiger partial charge on any atom is -0.397 e. The molecule has 2 aliphatic rings. The van der Waals surface area contributed by atoms with Crippen molar-refractivity contribution in [1.82, 2.24) is 4.90 Å². The van der Waals surface area contributed by atoms with Gasteiger partial charge in [0.15, 0.2) is 0 Å². The molecular formula is C16H24N4O. The Morgan fingerprint density at radius 3 is 2.86 bits per heavy atom. The molecule has 1 amide bonds. The van der Waals surface area contributed by atoms with Gasteiger partial charge in [0.05, 0.1) is 11.4 Å². The highest BCUT2D eigenvalue weighted by molar-refractivity contribution is 5.95. The van der Waals surface area contributed by atoms with Gasteiger partial charge in [-0.2, -0.15) is 0 Å². The summed E-state index contributed by atoms with van der Waals surface area (Å²) in [6.45, 7) is 4.60. The van der Waals surface area contributed by atoms with Crippen molar-refractivity contribution in [3.05, 3.63) is 17.7 Å². The van der Waals surface area contributed by atoms with E-state index in [-0.39, 0.29) is 5.91 Å². The predicted molar refractivity (Wildman–Crippen MR) is 86.6 cm³/mol. The van der Waals surface area contributed by atoms with Crippen molar-refractivity contribution in [1.29, 1.82) is 0 Å². The number of rotatable bonds is 5. The van der Waals surface area contributed by atoms with Crippen molar-refractivity contribution < 1.29 is 4.79 Å². The first-order valence-corrected chi connectivity index (χ1v) is 7.91. The number of benzene rings is 1. The van der Waals surface area contributed by atoms with Gasteiger partial charge in [0, 0.05) is 18.7 Å². The number of hydrogen-bond donors (Lipinski definition) is 3. The van der Waals surface area contributed by atoms with E-state index in [0.29, 0.717) is 12.1 Å². The maximum Gasteiger partial charge on any atom is 0.224 e. The van der Waals surface area contributed by atoms with Gasteiger partial charge in [-0.25, -0.2) is 0 Å². The lowest BCUT2D eigenvalue weighted by atomic mass is 10.0. The van der Waals surface area contributed by atoms with Crippen LogP contribution in [-0.4, -0.2) is 37.0 Å². The van der Waals surface area contributed by atoms with Crippen LogP contribution in [0.2, 0.25) is 0 Å². The van der Waals surface area contributed by atoms with E-state index in [9.17, 15) is 4.79 Å². The molecule has 0 unspecified atom stereocenters. The van der Waals surface area contributed by atoms with Gasteiger partial charge in [-0.15, -0.1) is 0 Å². The van der Waals surface area contributed by atoms with Gasteiger partial charge in [0.1, 0.15) is 0 Å². The summed E-state index contributed by atoms with van der Waals surface area (Å²) in [6, 6.07) is 3.95. The average molecular weight is 288 g/mol. The molecule has 2 heterocycles. The molecule has 4 N–H and O–H groups in total. The molecule has 1 fully saturated rings. The number of likely N-dealkylation sites (tertiary alicyclic amines) is 1. The molecule has 2 aliphatic heterocycles. The smallest absolute Gasteiger partial charge is 0.224 e.